The Kier molecular flexibility index (Phi) is 3.36. The third kappa shape index (κ3) is 2.37. The van der Waals surface area contributed by atoms with E-state index >= 15 is 0 Å². The average molecular weight is 303 g/mol. The summed E-state index contributed by atoms with van der Waals surface area (Å²) in [5.41, 5.74) is 1.58. The summed E-state index contributed by atoms with van der Waals surface area (Å²) >= 11 is 6.22. The van der Waals surface area contributed by atoms with Gasteiger partial charge in [0.1, 0.15) is 22.9 Å². The molecule has 1 heterocycles. The summed E-state index contributed by atoms with van der Waals surface area (Å²) < 4.78 is 28.3. The maximum absolute atomic E-state index is 13.4. The standard InChI is InChI=1S/C16H9ClF2N2/c17-16-14(8-20)13-7-12(19)4-5-15(13)21(16)9-10-2-1-3-11(18)6-10/h1-7H,9H2. The fraction of sp³-hybridized carbons (Fsp3) is 0.0625. The molecule has 0 radical (unpaired) electrons. The molecule has 0 unspecified atom stereocenters. The number of hydrogen-bond acceptors (Lipinski definition) is 1. The Bertz CT molecular complexity index is 878. The zero-order chi connectivity index (χ0) is 15.0. The fourth-order valence-corrected chi connectivity index (χ4v) is 2.67. The molecule has 2 aromatic carbocycles. The highest BCUT2D eigenvalue weighted by Crippen LogP contribution is 2.30. The van der Waals surface area contributed by atoms with Crippen molar-refractivity contribution in [3.8, 4) is 6.07 Å². The number of halogens is 3. The lowest BCUT2D eigenvalue weighted by Gasteiger charge is -2.07. The van der Waals surface area contributed by atoms with Crippen molar-refractivity contribution < 1.29 is 8.78 Å². The minimum absolute atomic E-state index is 0.224. The molecule has 0 fully saturated rings. The number of hydrogen-bond donors (Lipinski definition) is 0. The second-order valence-corrected chi connectivity index (χ2v) is 5.01. The molecule has 0 N–H and O–H groups in total. The van der Waals surface area contributed by atoms with E-state index < -0.39 is 5.82 Å². The quantitative estimate of drug-likeness (QED) is 0.685. The van der Waals surface area contributed by atoms with Gasteiger partial charge in [-0.25, -0.2) is 8.78 Å². The van der Waals surface area contributed by atoms with E-state index in [-0.39, 0.29) is 16.5 Å². The van der Waals surface area contributed by atoms with Gasteiger partial charge in [0.05, 0.1) is 11.1 Å². The fourth-order valence-electron chi connectivity index (χ4n) is 2.37. The number of fused-ring (bicyclic) bond motifs is 1. The van der Waals surface area contributed by atoms with E-state index in [1.807, 2.05) is 6.07 Å². The van der Waals surface area contributed by atoms with Crippen molar-refractivity contribution in [2.24, 2.45) is 0 Å². The number of nitrogens with zero attached hydrogens (tertiary/aromatic N) is 2. The summed E-state index contributed by atoms with van der Waals surface area (Å²) in [4.78, 5) is 0. The highest BCUT2D eigenvalue weighted by Gasteiger charge is 2.16. The second kappa shape index (κ2) is 5.19. The highest BCUT2D eigenvalue weighted by atomic mass is 35.5. The molecule has 5 heteroatoms. The topological polar surface area (TPSA) is 28.7 Å². The van der Waals surface area contributed by atoms with E-state index in [0.29, 0.717) is 23.0 Å². The molecule has 0 saturated heterocycles. The molecule has 0 spiro atoms. The Morgan fingerprint density at radius 3 is 2.57 bits per heavy atom. The SMILES string of the molecule is N#Cc1c(Cl)n(Cc2cccc(F)c2)c2ccc(F)cc12. The van der Waals surface area contributed by atoms with Crippen LogP contribution in [0.3, 0.4) is 0 Å². The van der Waals surface area contributed by atoms with Crippen LogP contribution in [0.25, 0.3) is 10.9 Å². The van der Waals surface area contributed by atoms with E-state index in [9.17, 15) is 14.0 Å². The zero-order valence-electron chi connectivity index (χ0n) is 10.8. The summed E-state index contributed by atoms with van der Waals surface area (Å²) in [6, 6.07) is 12.3. The Labute approximate surface area is 124 Å². The monoisotopic (exact) mass is 302 g/mol. The normalized spacial score (nSPS) is 10.8. The van der Waals surface area contributed by atoms with Crippen molar-refractivity contribution in [1.82, 2.24) is 4.57 Å². The van der Waals surface area contributed by atoms with Gasteiger partial charge in [0, 0.05) is 11.9 Å². The van der Waals surface area contributed by atoms with Crippen LogP contribution in [-0.4, -0.2) is 4.57 Å². The molecule has 0 atom stereocenters. The largest absolute Gasteiger partial charge is 0.326 e. The van der Waals surface area contributed by atoms with Crippen LogP contribution in [-0.2, 0) is 6.54 Å². The predicted molar refractivity (Wildman–Crippen MR) is 77.1 cm³/mol. The minimum Gasteiger partial charge on any atom is -0.326 e. The number of benzene rings is 2. The minimum atomic E-state index is -0.432. The van der Waals surface area contributed by atoms with Gasteiger partial charge in [-0.15, -0.1) is 0 Å². The summed E-state index contributed by atoms with van der Waals surface area (Å²) in [5, 5.41) is 9.88. The molecule has 3 rings (SSSR count). The first-order valence-electron chi connectivity index (χ1n) is 6.22. The van der Waals surface area contributed by atoms with Crippen molar-refractivity contribution in [1.29, 1.82) is 5.26 Å². The van der Waals surface area contributed by atoms with E-state index in [1.54, 1.807) is 22.8 Å². The van der Waals surface area contributed by atoms with E-state index in [0.717, 1.165) is 0 Å². The second-order valence-electron chi connectivity index (χ2n) is 4.66. The zero-order valence-corrected chi connectivity index (χ0v) is 11.5. The van der Waals surface area contributed by atoms with Gasteiger partial charge in [-0.05, 0) is 35.9 Å². The highest BCUT2D eigenvalue weighted by molar-refractivity contribution is 6.32. The number of rotatable bonds is 2. The lowest BCUT2D eigenvalue weighted by atomic mass is 10.2. The molecule has 0 amide bonds. The molecule has 0 aliphatic carbocycles. The Morgan fingerprint density at radius 1 is 1.10 bits per heavy atom. The summed E-state index contributed by atoms with van der Waals surface area (Å²) in [6.07, 6.45) is 0. The van der Waals surface area contributed by atoms with Crippen molar-refractivity contribution in [3.63, 3.8) is 0 Å². The number of nitriles is 1. The van der Waals surface area contributed by atoms with E-state index in [4.69, 9.17) is 11.6 Å². The molecule has 104 valence electrons. The third-order valence-corrected chi connectivity index (χ3v) is 3.70. The first-order valence-corrected chi connectivity index (χ1v) is 6.59. The van der Waals surface area contributed by atoms with Gasteiger partial charge in [-0.1, -0.05) is 23.7 Å². The molecule has 0 aliphatic rings. The van der Waals surface area contributed by atoms with Crippen LogP contribution >= 0.6 is 11.6 Å². The van der Waals surface area contributed by atoms with Gasteiger partial charge in [0.15, 0.2) is 0 Å². The van der Waals surface area contributed by atoms with Crippen LogP contribution in [0.1, 0.15) is 11.1 Å². The van der Waals surface area contributed by atoms with Gasteiger partial charge >= 0.3 is 0 Å². The van der Waals surface area contributed by atoms with E-state index in [2.05, 4.69) is 0 Å². The lowest BCUT2D eigenvalue weighted by Crippen LogP contribution is -2.00. The Hall–Kier alpha value is -2.38. The molecule has 0 saturated carbocycles. The van der Waals surface area contributed by atoms with Crippen LogP contribution in [0.4, 0.5) is 8.78 Å². The van der Waals surface area contributed by atoms with Crippen molar-refractivity contribution in [3.05, 3.63) is 70.4 Å². The molecule has 2 nitrogen and oxygen atoms in total. The van der Waals surface area contributed by atoms with Crippen LogP contribution in [0.15, 0.2) is 42.5 Å². The first-order chi connectivity index (χ1) is 10.1. The van der Waals surface area contributed by atoms with Crippen molar-refractivity contribution in [2.45, 2.75) is 6.54 Å². The third-order valence-electron chi connectivity index (χ3n) is 3.30. The Balaban J connectivity index is 2.19. The summed E-state index contributed by atoms with van der Waals surface area (Å²) in [6.45, 7) is 0.306. The summed E-state index contributed by atoms with van der Waals surface area (Å²) in [7, 11) is 0. The van der Waals surface area contributed by atoms with Gasteiger partial charge in [0.2, 0.25) is 0 Å². The van der Waals surface area contributed by atoms with Crippen LogP contribution in [0, 0.1) is 23.0 Å². The van der Waals surface area contributed by atoms with Gasteiger partial charge in [0.25, 0.3) is 0 Å². The average Bonchev–Trinajstić information content (AvgIpc) is 2.70. The maximum atomic E-state index is 13.4. The molecular weight excluding hydrogens is 294 g/mol. The smallest absolute Gasteiger partial charge is 0.128 e. The molecule has 0 bridgehead atoms. The molecular formula is C16H9ClF2N2. The number of aromatic nitrogens is 1. The molecule has 1 aromatic heterocycles. The molecule has 3 aromatic rings. The maximum Gasteiger partial charge on any atom is 0.128 e. The van der Waals surface area contributed by atoms with Crippen LogP contribution < -0.4 is 0 Å². The first kappa shape index (κ1) is 13.6. The van der Waals surface area contributed by atoms with Gasteiger partial charge in [-0.2, -0.15) is 5.26 Å². The van der Waals surface area contributed by atoms with E-state index in [1.165, 1.54) is 24.3 Å². The van der Waals surface area contributed by atoms with Gasteiger partial charge in [-0.3, -0.25) is 0 Å². The van der Waals surface area contributed by atoms with Crippen molar-refractivity contribution >= 4 is 22.5 Å². The summed E-state index contributed by atoms with van der Waals surface area (Å²) in [5.74, 6) is -0.773. The lowest BCUT2D eigenvalue weighted by molar-refractivity contribution is 0.624. The van der Waals surface area contributed by atoms with Gasteiger partial charge < -0.3 is 4.57 Å². The Morgan fingerprint density at radius 2 is 1.86 bits per heavy atom. The molecule has 21 heavy (non-hydrogen) atoms. The van der Waals surface area contributed by atoms with Crippen molar-refractivity contribution in [2.75, 3.05) is 0 Å². The predicted octanol–water partition coefficient (Wildman–Crippen LogP) is 4.49. The van der Waals surface area contributed by atoms with Crippen LogP contribution in [0.2, 0.25) is 5.15 Å². The molecule has 0 aliphatic heterocycles. The van der Waals surface area contributed by atoms with Crippen LogP contribution in [0.5, 0.6) is 0 Å².